The molecule has 1 atom stereocenters. The largest absolute Gasteiger partial charge is 0.360 e. The minimum absolute atomic E-state index is 0.00263. The molecule has 0 aliphatic carbocycles. The second-order valence-corrected chi connectivity index (χ2v) is 11.6. The summed E-state index contributed by atoms with van der Waals surface area (Å²) in [6.45, 7) is 3.15. The van der Waals surface area contributed by atoms with Crippen LogP contribution in [0.2, 0.25) is 0 Å². The van der Waals surface area contributed by atoms with E-state index in [1.807, 2.05) is 42.6 Å². The molecule has 6 nitrogen and oxygen atoms in total. The Hall–Kier alpha value is -3.07. The lowest BCUT2D eigenvalue weighted by molar-refractivity contribution is 0.262. The van der Waals surface area contributed by atoms with Gasteiger partial charge in [0.05, 0.1) is 5.52 Å². The van der Waals surface area contributed by atoms with E-state index >= 15 is 0 Å². The summed E-state index contributed by atoms with van der Waals surface area (Å²) in [6, 6.07) is 15.9. The van der Waals surface area contributed by atoms with E-state index in [2.05, 4.69) is 20.9 Å². The number of fused-ring (bicyclic) bond motifs is 2. The molecule has 1 N–H and O–H groups in total. The van der Waals surface area contributed by atoms with Crippen LogP contribution in [-0.2, 0) is 10.0 Å². The van der Waals surface area contributed by atoms with Crippen molar-refractivity contribution in [2.75, 3.05) is 26.2 Å². The number of hydrogen-bond acceptors (Lipinski definition) is 4. The highest BCUT2D eigenvalue weighted by atomic mass is 32.2. The van der Waals surface area contributed by atoms with Crippen LogP contribution >= 0.6 is 0 Å². The van der Waals surface area contributed by atoms with E-state index < -0.39 is 10.0 Å². The molecule has 4 aromatic rings. The smallest absolute Gasteiger partial charge is 0.260 e. The molecule has 0 amide bonds. The molecule has 4 heterocycles. The summed E-state index contributed by atoms with van der Waals surface area (Å²) in [6.07, 6.45) is 7.70. The first-order chi connectivity index (χ1) is 17.5. The Kier molecular flexibility index (Phi) is 6.11. The lowest BCUT2D eigenvalue weighted by Gasteiger charge is -2.29. The van der Waals surface area contributed by atoms with Gasteiger partial charge in [-0.1, -0.05) is 24.3 Å². The van der Waals surface area contributed by atoms with E-state index in [9.17, 15) is 12.8 Å². The Balaban J connectivity index is 1.12. The highest BCUT2D eigenvalue weighted by molar-refractivity contribution is 7.89. The number of nitrogens with one attached hydrogen (secondary N) is 1. The molecule has 0 spiro atoms. The van der Waals surface area contributed by atoms with Gasteiger partial charge in [-0.25, -0.2) is 17.8 Å². The molecule has 0 radical (unpaired) electrons. The molecule has 0 saturated carbocycles. The van der Waals surface area contributed by atoms with Crippen molar-refractivity contribution in [3.8, 4) is 0 Å². The van der Waals surface area contributed by atoms with Crippen LogP contribution in [0.4, 0.5) is 4.39 Å². The van der Waals surface area contributed by atoms with E-state index in [4.69, 9.17) is 0 Å². The highest BCUT2D eigenvalue weighted by Crippen LogP contribution is 2.31. The number of benzene rings is 2. The number of para-hydroxylation sites is 1. The van der Waals surface area contributed by atoms with Gasteiger partial charge in [-0.3, -0.25) is 4.90 Å². The lowest BCUT2D eigenvalue weighted by atomic mass is 9.98. The van der Waals surface area contributed by atoms with Gasteiger partial charge in [0.15, 0.2) is 5.03 Å². The summed E-state index contributed by atoms with van der Waals surface area (Å²) < 4.78 is 42.1. The zero-order valence-corrected chi connectivity index (χ0v) is 20.8. The minimum Gasteiger partial charge on any atom is -0.360 e. The van der Waals surface area contributed by atoms with Crippen LogP contribution in [-0.4, -0.2) is 59.8 Å². The van der Waals surface area contributed by atoms with Gasteiger partial charge in [0.1, 0.15) is 5.82 Å². The predicted molar refractivity (Wildman–Crippen MR) is 141 cm³/mol. The third-order valence-corrected chi connectivity index (χ3v) is 9.38. The van der Waals surface area contributed by atoms with Crippen molar-refractivity contribution in [2.24, 2.45) is 0 Å². The fraction of sp³-hybridized carbons (Fsp3) is 0.321. The van der Waals surface area contributed by atoms with Crippen LogP contribution in [0.3, 0.4) is 0 Å². The zero-order chi connectivity index (χ0) is 24.7. The molecule has 2 aliphatic heterocycles. The van der Waals surface area contributed by atoms with Gasteiger partial charge in [-0.2, -0.15) is 4.31 Å². The lowest BCUT2D eigenvalue weighted by Crippen LogP contribution is -2.39. The Labute approximate surface area is 210 Å². The van der Waals surface area contributed by atoms with Crippen molar-refractivity contribution >= 4 is 37.4 Å². The van der Waals surface area contributed by atoms with Gasteiger partial charge in [-0.05, 0) is 74.2 Å². The van der Waals surface area contributed by atoms with Crippen molar-refractivity contribution in [2.45, 2.75) is 36.8 Å². The molecular weight excluding hydrogens is 475 g/mol. The van der Waals surface area contributed by atoms with E-state index in [1.54, 1.807) is 10.4 Å². The Morgan fingerprint density at radius 1 is 1.08 bits per heavy atom. The average Bonchev–Trinajstić information content (AvgIpc) is 3.55. The number of sulfonamides is 1. The van der Waals surface area contributed by atoms with E-state index in [1.165, 1.54) is 17.7 Å². The molecule has 36 heavy (non-hydrogen) atoms. The summed E-state index contributed by atoms with van der Waals surface area (Å²) in [7, 11) is -3.63. The van der Waals surface area contributed by atoms with Gasteiger partial charge in [0.25, 0.3) is 10.0 Å². The van der Waals surface area contributed by atoms with Crippen LogP contribution in [0.25, 0.3) is 27.4 Å². The third-order valence-electron chi connectivity index (χ3n) is 7.53. The minimum atomic E-state index is -3.63. The van der Waals surface area contributed by atoms with Gasteiger partial charge >= 0.3 is 0 Å². The van der Waals surface area contributed by atoms with Gasteiger partial charge < -0.3 is 4.98 Å². The van der Waals surface area contributed by atoms with Crippen LogP contribution < -0.4 is 0 Å². The molecule has 6 rings (SSSR count). The highest BCUT2D eigenvalue weighted by Gasteiger charge is 2.36. The maximum atomic E-state index is 13.5. The second kappa shape index (κ2) is 9.42. The molecule has 2 aliphatic rings. The molecule has 1 saturated heterocycles. The van der Waals surface area contributed by atoms with Crippen molar-refractivity contribution in [3.05, 3.63) is 78.3 Å². The fourth-order valence-corrected chi connectivity index (χ4v) is 7.25. The maximum Gasteiger partial charge on any atom is 0.260 e. The summed E-state index contributed by atoms with van der Waals surface area (Å²) in [5.74, 6) is -0.237. The molecule has 8 heteroatoms. The maximum absolute atomic E-state index is 13.5. The number of H-pyrrole nitrogens is 1. The summed E-state index contributed by atoms with van der Waals surface area (Å²) in [5, 5.41) is 2.12. The zero-order valence-electron chi connectivity index (χ0n) is 20.0. The van der Waals surface area contributed by atoms with Crippen molar-refractivity contribution in [3.63, 3.8) is 0 Å². The molecule has 2 aromatic heterocycles. The SMILES string of the molecule is O=S(=O)(c1ccc2ccccc2n1)N1CCCC1CCN1CC=C(c2c[nH]c3cc(F)ccc23)CC1. The summed E-state index contributed by atoms with van der Waals surface area (Å²) in [4.78, 5) is 10.0. The number of pyridine rings is 1. The van der Waals surface area contributed by atoms with Gasteiger partial charge in [0, 0.05) is 53.7 Å². The number of aromatic amines is 1. The molecule has 2 aromatic carbocycles. The van der Waals surface area contributed by atoms with Crippen LogP contribution in [0.15, 0.2) is 71.9 Å². The van der Waals surface area contributed by atoms with E-state index in [-0.39, 0.29) is 16.9 Å². The van der Waals surface area contributed by atoms with E-state index in [0.29, 0.717) is 12.1 Å². The Bertz CT molecular complexity index is 1560. The van der Waals surface area contributed by atoms with Gasteiger partial charge in [-0.15, -0.1) is 0 Å². The number of hydrogen-bond donors (Lipinski definition) is 1. The molecule has 0 bridgehead atoms. The number of nitrogens with zero attached hydrogens (tertiary/aromatic N) is 3. The molecule has 1 unspecified atom stereocenters. The van der Waals surface area contributed by atoms with Crippen molar-refractivity contribution in [1.29, 1.82) is 0 Å². The van der Waals surface area contributed by atoms with Crippen molar-refractivity contribution in [1.82, 2.24) is 19.2 Å². The van der Waals surface area contributed by atoms with Crippen molar-refractivity contribution < 1.29 is 12.8 Å². The summed E-state index contributed by atoms with van der Waals surface area (Å²) in [5.41, 5.74) is 3.93. The molecular formula is C28H29FN4O2S. The Morgan fingerprint density at radius 3 is 2.83 bits per heavy atom. The predicted octanol–water partition coefficient (Wildman–Crippen LogP) is 5.19. The quantitative estimate of drug-likeness (QED) is 0.393. The second-order valence-electron chi connectivity index (χ2n) is 9.71. The topological polar surface area (TPSA) is 69.3 Å². The van der Waals surface area contributed by atoms with Gasteiger partial charge in [0.2, 0.25) is 0 Å². The third kappa shape index (κ3) is 4.34. The first-order valence-electron chi connectivity index (χ1n) is 12.5. The van der Waals surface area contributed by atoms with Crippen LogP contribution in [0, 0.1) is 5.82 Å². The van der Waals surface area contributed by atoms with Crippen LogP contribution in [0.5, 0.6) is 0 Å². The average molecular weight is 505 g/mol. The molecule has 1 fully saturated rings. The number of aromatic nitrogens is 2. The standard InChI is InChI=1S/C28H29FN4O2S/c29-22-8-9-24-25(19-30-27(24)18-22)20-11-15-32(16-12-20)17-13-23-5-3-14-33(23)36(34,35)28-10-7-21-4-1-2-6-26(21)31-28/h1-2,4,6-11,18-19,23,30H,3,5,12-17H2. The summed E-state index contributed by atoms with van der Waals surface area (Å²) >= 11 is 0. The Morgan fingerprint density at radius 2 is 1.97 bits per heavy atom. The molecule has 186 valence electrons. The number of halogens is 1. The van der Waals surface area contributed by atoms with E-state index in [0.717, 1.165) is 67.2 Å². The first-order valence-corrected chi connectivity index (χ1v) is 14.0. The fourth-order valence-electron chi connectivity index (χ4n) is 5.58. The monoisotopic (exact) mass is 504 g/mol. The van der Waals surface area contributed by atoms with Crippen LogP contribution in [0.1, 0.15) is 31.2 Å². The first kappa shape index (κ1) is 23.3. The number of rotatable bonds is 6. The normalized spacial score (nSPS) is 19.8.